The molecule has 1 saturated carbocycles. The minimum Gasteiger partial charge on any atom is -0.337 e. The molecule has 2 aromatic carbocycles. The van der Waals surface area contributed by atoms with E-state index < -0.39 is 6.23 Å². The van der Waals surface area contributed by atoms with Gasteiger partial charge in [-0.25, -0.2) is 9.78 Å². The Hall–Kier alpha value is -3.76. The molecule has 7 rings (SSSR count). The molecule has 1 aliphatic heterocycles. The molecular weight excluding hydrogens is 622 g/mol. The predicted molar refractivity (Wildman–Crippen MR) is 187 cm³/mol. The highest BCUT2D eigenvalue weighted by Crippen LogP contribution is 2.38. The smallest absolute Gasteiger partial charge is 0.319 e. The third kappa shape index (κ3) is 7.92. The van der Waals surface area contributed by atoms with Gasteiger partial charge in [-0.15, -0.1) is 0 Å². The summed E-state index contributed by atoms with van der Waals surface area (Å²) in [4.78, 5) is 34.6. The lowest BCUT2D eigenvalue weighted by molar-refractivity contribution is -0.250. The second kappa shape index (κ2) is 15.6. The number of fused-ring (bicyclic) bond motifs is 2. The van der Waals surface area contributed by atoms with E-state index in [0.29, 0.717) is 32.7 Å². The highest BCUT2D eigenvalue weighted by atomic mass is 35.5. The Kier molecular flexibility index (Phi) is 10.7. The van der Waals surface area contributed by atoms with Gasteiger partial charge in [0.1, 0.15) is 0 Å². The Morgan fingerprint density at radius 3 is 2.67 bits per heavy atom. The van der Waals surface area contributed by atoms with Crippen molar-refractivity contribution in [1.29, 1.82) is 0 Å². The first-order valence-electron chi connectivity index (χ1n) is 17.6. The van der Waals surface area contributed by atoms with E-state index in [-0.39, 0.29) is 18.1 Å². The van der Waals surface area contributed by atoms with Crippen molar-refractivity contribution in [3.8, 4) is 0 Å². The van der Waals surface area contributed by atoms with Gasteiger partial charge in [0.15, 0.2) is 6.23 Å². The largest absolute Gasteiger partial charge is 0.337 e. The molecule has 0 spiro atoms. The number of nitrogens with one attached hydrogen (secondary N) is 1. The van der Waals surface area contributed by atoms with E-state index in [2.05, 4.69) is 62.2 Å². The summed E-state index contributed by atoms with van der Waals surface area (Å²) in [7, 11) is 0. The predicted octanol–water partition coefficient (Wildman–Crippen LogP) is 6.63. The van der Waals surface area contributed by atoms with Crippen LogP contribution in [0.15, 0.2) is 85.6 Å². The topological polar surface area (TPSA) is 78.8 Å². The summed E-state index contributed by atoms with van der Waals surface area (Å²) < 4.78 is 2.09. The van der Waals surface area contributed by atoms with Crippen LogP contribution in [0.4, 0.5) is 4.79 Å². The van der Waals surface area contributed by atoms with Crippen molar-refractivity contribution < 1.29 is 9.63 Å². The molecule has 2 amide bonds. The summed E-state index contributed by atoms with van der Waals surface area (Å²) in [5.41, 5.74) is 6.00. The van der Waals surface area contributed by atoms with Crippen LogP contribution in [-0.2, 0) is 30.8 Å². The highest BCUT2D eigenvalue weighted by Gasteiger charge is 2.39. The van der Waals surface area contributed by atoms with Crippen molar-refractivity contribution >= 4 is 17.6 Å². The van der Waals surface area contributed by atoms with Gasteiger partial charge in [0.05, 0.1) is 18.1 Å². The van der Waals surface area contributed by atoms with E-state index in [0.717, 1.165) is 62.2 Å². The number of rotatable bonds is 10. The maximum Gasteiger partial charge on any atom is 0.319 e. The normalized spacial score (nSPS) is 20.2. The first-order valence-corrected chi connectivity index (χ1v) is 17.9. The van der Waals surface area contributed by atoms with Crippen LogP contribution in [0.2, 0.25) is 5.02 Å². The summed E-state index contributed by atoms with van der Waals surface area (Å²) in [6.07, 6.45) is 15.4. The number of aromatic nitrogens is 3. The Balaban J connectivity index is 1.18. The van der Waals surface area contributed by atoms with Crippen LogP contribution in [0.1, 0.15) is 72.5 Å². The molecule has 10 heteroatoms. The van der Waals surface area contributed by atoms with Crippen LogP contribution < -0.4 is 5.32 Å². The lowest BCUT2D eigenvalue weighted by atomic mass is 9.95. The van der Waals surface area contributed by atoms with Gasteiger partial charge in [0.25, 0.3) is 0 Å². The van der Waals surface area contributed by atoms with Gasteiger partial charge in [0.2, 0.25) is 0 Å². The first-order chi connectivity index (χ1) is 23.6. The Morgan fingerprint density at radius 2 is 1.83 bits per heavy atom. The molecular formula is C38H46ClN7O2. The van der Waals surface area contributed by atoms with E-state index in [9.17, 15) is 4.79 Å². The zero-order chi connectivity index (χ0) is 32.7. The number of hydrogen-bond donors (Lipinski definition) is 1. The maximum absolute atomic E-state index is 14.0. The number of pyridine rings is 1. The molecule has 0 bridgehead atoms. The molecule has 9 nitrogen and oxygen atoms in total. The molecule has 2 fully saturated rings. The van der Waals surface area contributed by atoms with Crippen LogP contribution in [0, 0.1) is 0 Å². The number of nitrogens with zero attached hydrogens (tertiary/aromatic N) is 6. The third-order valence-corrected chi connectivity index (χ3v) is 10.3. The van der Waals surface area contributed by atoms with Crippen molar-refractivity contribution in [3.05, 3.63) is 119 Å². The Labute approximate surface area is 288 Å². The van der Waals surface area contributed by atoms with Crippen molar-refractivity contribution in [2.75, 3.05) is 26.2 Å². The number of amides is 2. The Bertz CT molecular complexity index is 1630. The monoisotopic (exact) mass is 667 g/mol. The number of benzene rings is 2. The molecule has 0 unspecified atom stereocenters. The maximum atomic E-state index is 14.0. The number of urea groups is 1. The van der Waals surface area contributed by atoms with E-state index in [1.807, 2.05) is 53.1 Å². The van der Waals surface area contributed by atoms with Crippen molar-refractivity contribution in [2.24, 2.45) is 0 Å². The van der Waals surface area contributed by atoms with Gasteiger partial charge in [-0.2, -0.15) is 5.06 Å². The summed E-state index contributed by atoms with van der Waals surface area (Å²) in [6.45, 7) is 3.97. The fourth-order valence-electron chi connectivity index (χ4n) is 7.56. The van der Waals surface area contributed by atoms with Crippen molar-refractivity contribution in [1.82, 2.24) is 34.7 Å². The molecule has 1 N–H and O–H groups in total. The van der Waals surface area contributed by atoms with Gasteiger partial charge in [0, 0.05) is 68.9 Å². The fraction of sp³-hybridized carbons (Fsp3) is 0.447. The quantitative estimate of drug-likeness (QED) is 0.191. The van der Waals surface area contributed by atoms with E-state index in [1.165, 1.54) is 28.7 Å². The average Bonchev–Trinajstić information content (AvgIpc) is 3.57. The second-order valence-electron chi connectivity index (χ2n) is 13.3. The molecule has 3 aliphatic rings. The van der Waals surface area contributed by atoms with E-state index in [1.54, 1.807) is 0 Å². The number of aryl methyl sites for hydroxylation is 3. The molecule has 1 saturated heterocycles. The second-order valence-corrected chi connectivity index (χ2v) is 13.8. The van der Waals surface area contributed by atoms with E-state index in [4.69, 9.17) is 21.4 Å². The molecule has 2 aromatic heterocycles. The number of carbonyl (C=O) groups is 1. The van der Waals surface area contributed by atoms with Crippen LogP contribution in [0.3, 0.4) is 0 Å². The zero-order valence-corrected chi connectivity index (χ0v) is 28.3. The van der Waals surface area contributed by atoms with Gasteiger partial charge in [-0.1, -0.05) is 73.3 Å². The van der Waals surface area contributed by atoms with Gasteiger partial charge < -0.3 is 9.88 Å². The number of piperazine rings is 1. The molecule has 252 valence electrons. The minimum atomic E-state index is -0.481. The van der Waals surface area contributed by atoms with E-state index >= 15 is 0 Å². The highest BCUT2D eigenvalue weighted by molar-refractivity contribution is 6.30. The number of hydroxylamine groups is 2. The first kappa shape index (κ1) is 32.8. The average molecular weight is 668 g/mol. The standard InChI is InChI=1S/C38H46ClN7O2/c39-32-16-17-34-31(25-32)15-14-30-11-7-18-41-36(30)37(34)44-23-24-46(38(47)42-33-12-5-2-6-13-33)35(27-44)48-45(26-29-9-3-1-4-10-29)21-8-20-43-22-19-40-28-43/h1,3-4,7,9-11,16-19,22,25,28,33,35,37H,2,5-6,8,12-15,20-21,23-24,26-27H2,(H,42,47)/t35-,37+/m0/s1. The number of carbonyl (C=O) groups excluding carboxylic acids is 1. The molecule has 4 aromatic rings. The molecule has 0 radical (unpaired) electrons. The molecule has 48 heavy (non-hydrogen) atoms. The van der Waals surface area contributed by atoms with Gasteiger partial charge in [-0.3, -0.25) is 19.6 Å². The number of imidazole rings is 1. The van der Waals surface area contributed by atoms with Crippen molar-refractivity contribution in [2.45, 2.75) is 82.8 Å². The molecule has 2 aliphatic carbocycles. The van der Waals surface area contributed by atoms with Crippen LogP contribution in [-0.4, -0.2) is 73.9 Å². The molecule has 2 atom stereocenters. The minimum absolute atomic E-state index is 0.0313. The summed E-state index contributed by atoms with van der Waals surface area (Å²) in [5.74, 6) is 0. The fourth-order valence-corrected chi connectivity index (χ4v) is 7.76. The van der Waals surface area contributed by atoms with Gasteiger partial charge in [-0.05, 0) is 72.6 Å². The summed E-state index contributed by atoms with van der Waals surface area (Å²) in [5, 5.41) is 6.18. The SMILES string of the molecule is O=C(NC1CCCCC1)N1CCN([C@@H]2c3ccc(Cl)cc3CCc3cccnc32)C[C@@H]1ON(CCCn1ccnc1)Cc1ccccc1. The summed E-state index contributed by atoms with van der Waals surface area (Å²) in [6, 6.07) is 21.0. The third-order valence-electron chi connectivity index (χ3n) is 10.0. The van der Waals surface area contributed by atoms with Crippen LogP contribution in [0.5, 0.6) is 0 Å². The lowest BCUT2D eigenvalue weighted by Crippen LogP contribution is -2.61. The Morgan fingerprint density at radius 1 is 0.979 bits per heavy atom. The lowest BCUT2D eigenvalue weighted by Gasteiger charge is -2.45. The zero-order valence-electron chi connectivity index (χ0n) is 27.6. The van der Waals surface area contributed by atoms with Gasteiger partial charge >= 0.3 is 6.03 Å². The number of halogens is 1. The van der Waals surface area contributed by atoms with Crippen LogP contribution >= 0.6 is 11.6 Å². The molecule has 3 heterocycles. The summed E-state index contributed by atoms with van der Waals surface area (Å²) >= 11 is 6.52. The van der Waals surface area contributed by atoms with Crippen LogP contribution in [0.25, 0.3) is 0 Å². The van der Waals surface area contributed by atoms with Crippen molar-refractivity contribution in [3.63, 3.8) is 0 Å². The number of hydrogen-bond acceptors (Lipinski definition) is 6.